The molecule has 0 unspecified atom stereocenters. The first-order valence-electron chi connectivity index (χ1n) is 7.84. The van der Waals surface area contributed by atoms with E-state index < -0.39 is 0 Å². The molecule has 23 heavy (non-hydrogen) atoms. The molecule has 0 bridgehead atoms. The average molecular weight is 314 g/mol. The summed E-state index contributed by atoms with van der Waals surface area (Å²) in [5.74, 6) is -0.423. The second-order valence-electron chi connectivity index (χ2n) is 5.76. The molecule has 0 radical (unpaired) electrons. The van der Waals surface area contributed by atoms with Gasteiger partial charge in [0.15, 0.2) is 0 Å². The highest BCUT2D eigenvalue weighted by atomic mass is 19.1. The number of rotatable bonds is 6. The average Bonchev–Trinajstić information content (AvgIpc) is 2.56. The number of amides is 1. The van der Waals surface area contributed by atoms with Crippen molar-refractivity contribution in [2.75, 3.05) is 12.4 Å². The van der Waals surface area contributed by atoms with Crippen molar-refractivity contribution in [3.8, 4) is 0 Å². The Morgan fingerprint density at radius 2 is 1.65 bits per heavy atom. The molecular weight excluding hydrogens is 291 g/mol. The number of halogens is 1. The van der Waals surface area contributed by atoms with E-state index in [4.69, 9.17) is 0 Å². The topological polar surface area (TPSA) is 32.3 Å². The van der Waals surface area contributed by atoms with E-state index in [1.807, 2.05) is 18.9 Å². The summed E-state index contributed by atoms with van der Waals surface area (Å²) >= 11 is 0. The molecule has 3 nitrogen and oxygen atoms in total. The van der Waals surface area contributed by atoms with E-state index in [0.29, 0.717) is 12.2 Å². The predicted octanol–water partition coefficient (Wildman–Crippen LogP) is 3.85. The standard InChI is InChI=1S/C19H23FN2O/c1-4-15-5-7-16(8-6-15)13-22(3)14(2)19(23)21-18-11-9-17(20)10-12-18/h5-12,14H,4,13H2,1-3H3,(H,21,23)/t14-/m1/s1. The lowest BCUT2D eigenvalue weighted by atomic mass is 10.1. The third kappa shape index (κ3) is 4.89. The highest BCUT2D eigenvalue weighted by Crippen LogP contribution is 2.12. The van der Waals surface area contributed by atoms with Gasteiger partial charge >= 0.3 is 0 Å². The molecule has 1 atom stereocenters. The highest BCUT2D eigenvalue weighted by molar-refractivity contribution is 5.94. The fraction of sp³-hybridized carbons (Fsp3) is 0.316. The molecule has 0 aromatic heterocycles. The molecule has 2 aromatic rings. The van der Waals surface area contributed by atoms with Crippen LogP contribution in [0, 0.1) is 5.82 Å². The van der Waals surface area contributed by atoms with Crippen LogP contribution >= 0.6 is 0 Å². The Morgan fingerprint density at radius 3 is 2.22 bits per heavy atom. The molecule has 0 saturated carbocycles. The maximum atomic E-state index is 12.9. The minimum absolute atomic E-state index is 0.107. The van der Waals surface area contributed by atoms with E-state index >= 15 is 0 Å². The van der Waals surface area contributed by atoms with Crippen molar-refractivity contribution in [1.29, 1.82) is 0 Å². The lowest BCUT2D eigenvalue weighted by Gasteiger charge is -2.24. The lowest BCUT2D eigenvalue weighted by molar-refractivity contribution is -0.120. The van der Waals surface area contributed by atoms with Gasteiger partial charge in [0.1, 0.15) is 5.82 Å². The summed E-state index contributed by atoms with van der Waals surface area (Å²) < 4.78 is 12.9. The summed E-state index contributed by atoms with van der Waals surface area (Å²) in [4.78, 5) is 14.3. The monoisotopic (exact) mass is 314 g/mol. The predicted molar refractivity (Wildman–Crippen MR) is 91.8 cm³/mol. The normalized spacial score (nSPS) is 12.2. The quantitative estimate of drug-likeness (QED) is 0.878. The van der Waals surface area contributed by atoms with Crippen LogP contribution in [0.25, 0.3) is 0 Å². The molecule has 0 aliphatic rings. The lowest BCUT2D eigenvalue weighted by Crippen LogP contribution is -2.39. The van der Waals surface area contributed by atoms with E-state index in [1.54, 1.807) is 12.1 Å². The Kier molecular flexibility index (Phi) is 5.88. The van der Waals surface area contributed by atoms with E-state index in [-0.39, 0.29) is 17.8 Å². The second-order valence-corrected chi connectivity index (χ2v) is 5.76. The van der Waals surface area contributed by atoms with Gasteiger partial charge in [-0.15, -0.1) is 0 Å². The third-order valence-corrected chi connectivity index (χ3v) is 4.02. The van der Waals surface area contributed by atoms with Crippen LogP contribution in [0.15, 0.2) is 48.5 Å². The first-order chi connectivity index (χ1) is 11.0. The van der Waals surface area contributed by atoms with Gasteiger partial charge in [-0.1, -0.05) is 31.2 Å². The van der Waals surface area contributed by atoms with Gasteiger partial charge in [-0.3, -0.25) is 9.69 Å². The summed E-state index contributed by atoms with van der Waals surface area (Å²) in [7, 11) is 1.92. The van der Waals surface area contributed by atoms with Gasteiger partial charge in [-0.25, -0.2) is 4.39 Å². The van der Waals surface area contributed by atoms with Crippen LogP contribution in [0.4, 0.5) is 10.1 Å². The summed E-state index contributed by atoms with van der Waals surface area (Å²) in [6.07, 6.45) is 1.02. The van der Waals surface area contributed by atoms with Crippen molar-refractivity contribution in [3.05, 3.63) is 65.5 Å². The fourth-order valence-electron chi connectivity index (χ4n) is 2.29. The third-order valence-electron chi connectivity index (χ3n) is 4.02. The van der Waals surface area contributed by atoms with Crippen LogP contribution in [-0.4, -0.2) is 23.9 Å². The molecule has 2 aromatic carbocycles. The van der Waals surface area contributed by atoms with Crippen molar-refractivity contribution in [2.24, 2.45) is 0 Å². The number of carbonyl (C=O) groups is 1. The Labute approximate surface area is 137 Å². The molecule has 1 amide bonds. The van der Waals surface area contributed by atoms with Gasteiger partial charge < -0.3 is 5.32 Å². The minimum Gasteiger partial charge on any atom is -0.325 e. The van der Waals surface area contributed by atoms with Crippen molar-refractivity contribution in [2.45, 2.75) is 32.9 Å². The van der Waals surface area contributed by atoms with E-state index in [0.717, 1.165) is 6.42 Å². The molecule has 2 rings (SSSR count). The summed E-state index contributed by atoms with van der Waals surface area (Å²) in [6.45, 7) is 4.68. The molecule has 0 aliphatic heterocycles. The van der Waals surface area contributed by atoms with E-state index in [9.17, 15) is 9.18 Å². The molecule has 0 fully saturated rings. The van der Waals surface area contributed by atoms with E-state index in [1.165, 1.54) is 23.3 Å². The zero-order valence-corrected chi connectivity index (χ0v) is 13.8. The van der Waals surface area contributed by atoms with Crippen LogP contribution in [-0.2, 0) is 17.8 Å². The van der Waals surface area contributed by atoms with Crippen molar-refractivity contribution in [3.63, 3.8) is 0 Å². The maximum absolute atomic E-state index is 12.9. The smallest absolute Gasteiger partial charge is 0.241 e. The molecule has 1 N–H and O–H groups in total. The van der Waals surface area contributed by atoms with Gasteiger partial charge in [0.2, 0.25) is 5.91 Å². The second kappa shape index (κ2) is 7.88. The zero-order valence-electron chi connectivity index (χ0n) is 13.8. The Hall–Kier alpha value is -2.20. The highest BCUT2D eigenvalue weighted by Gasteiger charge is 2.18. The number of likely N-dealkylation sites (N-methyl/N-ethyl adjacent to an activating group) is 1. The largest absolute Gasteiger partial charge is 0.325 e. The first kappa shape index (κ1) is 17.2. The van der Waals surface area contributed by atoms with Gasteiger partial charge in [0.05, 0.1) is 6.04 Å². The van der Waals surface area contributed by atoms with Crippen LogP contribution in [0.1, 0.15) is 25.0 Å². The van der Waals surface area contributed by atoms with Gasteiger partial charge in [0, 0.05) is 12.2 Å². The van der Waals surface area contributed by atoms with Gasteiger partial charge in [0.25, 0.3) is 0 Å². The Bertz CT molecular complexity index is 637. The number of nitrogens with zero attached hydrogens (tertiary/aromatic N) is 1. The number of carbonyl (C=O) groups excluding carboxylic acids is 1. The Balaban J connectivity index is 1.93. The molecular formula is C19H23FN2O. The van der Waals surface area contributed by atoms with Crippen molar-refractivity contribution < 1.29 is 9.18 Å². The molecule has 0 heterocycles. The molecule has 122 valence electrons. The molecule has 4 heteroatoms. The van der Waals surface area contributed by atoms with E-state index in [2.05, 4.69) is 36.5 Å². The molecule has 0 spiro atoms. The van der Waals surface area contributed by atoms with Crippen molar-refractivity contribution >= 4 is 11.6 Å². The summed E-state index contributed by atoms with van der Waals surface area (Å²) in [5, 5.41) is 2.81. The fourth-order valence-corrected chi connectivity index (χ4v) is 2.29. The number of hydrogen-bond donors (Lipinski definition) is 1. The van der Waals surface area contributed by atoms with Crippen molar-refractivity contribution in [1.82, 2.24) is 4.90 Å². The SMILES string of the molecule is CCc1ccc(CN(C)[C@H](C)C(=O)Nc2ccc(F)cc2)cc1. The first-order valence-corrected chi connectivity index (χ1v) is 7.84. The summed E-state index contributed by atoms with van der Waals surface area (Å²) in [6, 6.07) is 13.9. The van der Waals surface area contributed by atoms with Gasteiger partial charge in [-0.2, -0.15) is 0 Å². The number of hydrogen-bond acceptors (Lipinski definition) is 2. The number of nitrogens with one attached hydrogen (secondary N) is 1. The molecule has 0 saturated heterocycles. The maximum Gasteiger partial charge on any atom is 0.241 e. The summed E-state index contributed by atoms with van der Waals surface area (Å²) in [5.41, 5.74) is 3.08. The van der Waals surface area contributed by atoms with Crippen LogP contribution in [0.3, 0.4) is 0 Å². The van der Waals surface area contributed by atoms with Gasteiger partial charge in [-0.05, 0) is 55.8 Å². The number of benzene rings is 2. The zero-order chi connectivity index (χ0) is 16.8. The van der Waals surface area contributed by atoms with Crippen LogP contribution in [0.2, 0.25) is 0 Å². The minimum atomic E-state index is -0.316. The molecule has 0 aliphatic carbocycles. The Morgan fingerprint density at radius 1 is 1.09 bits per heavy atom. The van der Waals surface area contributed by atoms with Crippen LogP contribution < -0.4 is 5.32 Å². The number of anilines is 1. The van der Waals surface area contributed by atoms with Crippen LogP contribution in [0.5, 0.6) is 0 Å². The number of aryl methyl sites for hydroxylation is 1.